The lowest BCUT2D eigenvalue weighted by Crippen LogP contribution is -2.31. The van der Waals surface area contributed by atoms with Crippen LogP contribution in [0.15, 0.2) is 48.5 Å². The van der Waals surface area contributed by atoms with Gasteiger partial charge in [-0.25, -0.2) is 0 Å². The predicted molar refractivity (Wildman–Crippen MR) is 76.5 cm³/mol. The van der Waals surface area contributed by atoms with Gasteiger partial charge in [-0.1, -0.05) is 24.3 Å². The molecule has 0 saturated carbocycles. The molecule has 0 aromatic heterocycles. The second-order valence-electron chi connectivity index (χ2n) is 4.62. The minimum absolute atomic E-state index is 0.0231. The number of hydrogen-bond donors (Lipinski definition) is 1. The number of nitrogens with zero attached hydrogens (tertiary/aromatic N) is 2. The maximum absolute atomic E-state index is 12.4. The van der Waals surface area contributed by atoms with Crippen molar-refractivity contribution < 1.29 is 4.79 Å². The molecule has 1 amide bonds. The SMILES string of the molecule is N#Cc1cccc(N2C(=O)CNCc3ccccc32)c1. The van der Waals surface area contributed by atoms with E-state index in [9.17, 15) is 4.79 Å². The van der Waals surface area contributed by atoms with E-state index < -0.39 is 0 Å². The highest BCUT2D eigenvalue weighted by atomic mass is 16.2. The first kappa shape index (κ1) is 12.4. The number of nitriles is 1. The molecule has 0 aliphatic carbocycles. The van der Waals surface area contributed by atoms with Gasteiger partial charge in [0.1, 0.15) is 0 Å². The number of carbonyl (C=O) groups excluding carboxylic acids is 1. The molecule has 4 heteroatoms. The third kappa shape index (κ3) is 2.15. The average molecular weight is 263 g/mol. The molecule has 3 rings (SSSR count). The predicted octanol–water partition coefficient (Wildman–Crippen LogP) is 2.33. The molecule has 0 saturated heterocycles. The molecule has 2 aromatic carbocycles. The zero-order valence-electron chi connectivity index (χ0n) is 10.8. The van der Waals surface area contributed by atoms with E-state index in [1.165, 1.54) is 0 Å². The monoisotopic (exact) mass is 263 g/mol. The van der Waals surface area contributed by atoms with Crippen LogP contribution < -0.4 is 10.2 Å². The Kier molecular flexibility index (Phi) is 3.20. The molecule has 1 heterocycles. The average Bonchev–Trinajstić information content (AvgIpc) is 2.65. The molecule has 1 aliphatic heterocycles. The van der Waals surface area contributed by atoms with Crippen LogP contribution in [0, 0.1) is 11.3 Å². The molecule has 1 aliphatic rings. The lowest BCUT2D eigenvalue weighted by molar-refractivity contribution is -0.117. The summed E-state index contributed by atoms with van der Waals surface area (Å²) in [6.07, 6.45) is 0. The minimum Gasteiger partial charge on any atom is -0.304 e. The van der Waals surface area contributed by atoms with Crippen LogP contribution in [0.4, 0.5) is 11.4 Å². The van der Waals surface area contributed by atoms with E-state index in [0.29, 0.717) is 12.1 Å². The number of benzene rings is 2. The molecule has 0 radical (unpaired) electrons. The van der Waals surface area contributed by atoms with E-state index >= 15 is 0 Å². The number of hydrogen-bond acceptors (Lipinski definition) is 3. The molecule has 4 nitrogen and oxygen atoms in total. The summed E-state index contributed by atoms with van der Waals surface area (Å²) in [6.45, 7) is 0.946. The Morgan fingerprint density at radius 2 is 1.95 bits per heavy atom. The number of rotatable bonds is 1. The molecule has 1 N–H and O–H groups in total. The van der Waals surface area contributed by atoms with Gasteiger partial charge in [-0.3, -0.25) is 9.69 Å². The van der Waals surface area contributed by atoms with Crippen molar-refractivity contribution in [2.45, 2.75) is 6.54 Å². The van der Waals surface area contributed by atoms with Gasteiger partial charge >= 0.3 is 0 Å². The van der Waals surface area contributed by atoms with Crippen LogP contribution in [0.2, 0.25) is 0 Å². The van der Waals surface area contributed by atoms with Crippen LogP contribution in [-0.2, 0) is 11.3 Å². The standard InChI is InChI=1S/C16H13N3O/c17-9-12-4-3-6-14(8-12)19-15-7-2-1-5-13(15)10-18-11-16(19)20/h1-8,18H,10-11H2. The van der Waals surface area contributed by atoms with Crippen molar-refractivity contribution in [3.05, 3.63) is 59.7 Å². The third-order valence-electron chi connectivity index (χ3n) is 3.31. The van der Waals surface area contributed by atoms with E-state index in [1.807, 2.05) is 30.3 Å². The molecule has 0 unspecified atom stereocenters. The fraction of sp³-hybridized carbons (Fsp3) is 0.125. The highest BCUT2D eigenvalue weighted by Crippen LogP contribution is 2.30. The molecule has 20 heavy (non-hydrogen) atoms. The summed E-state index contributed by atoms with van der Waals surface area (Å²) in [5, 5.41) is 12.1. The molecule has 0 atom stereocenters. The Balaban J connectivity index is 2.15. The summed E-state index contributed by atoms with van der Waals surface area (Å²) < 4.78 is 0. The van der Waals surface area contributed by atoms with Crippen LogP contribution in [-0.4, -0.2) is 12.5 Å². The normalized spacial score (nSPS) is 14.3. The number of anilines is 2. The number of amides is 1. The summed E-state index contributed by atoms with van der Waals surface area (Å²) in [4.78, 5) is 14.0. The maximum Gasteiger partial charge on any atom is 0.245 e. The van der Waals surface area contributed by atoms with Crippen molar-refractivity contribution >= 4 is 17.3 Å². The molecule has 2 aromatic rings. The largest absolute Gasteiger partial charge is 0.304 e. The van der Waals surface area contributed by atoms with Gasteiger partial charge < -0.3 is 5.32 Å². The number of fused-ring (bicyclic) bond motifs is 1. The topological polar surface area (TPSA) is 56.1 Å². The van der Waals surface area contributed by atoms with Crippen LogP contribution in [0.5, 0.6) is 0 Å². The lowest BCUT2D eigenvalue weighted by atomic mass is 10.1. The highest BCUT2D eigenvalue weighted by molar-refractivity contribution is 6.03. The van der Waals surface area contributed by atoms with Crippen molar-refractivity contribution in [3.63, 3.8) is 0 Å². The van der Waals surface area contributed by atoms with Crippen molar-refractivity contribution in [1.29, 1.82) is 5.26 Å². The van der Waals surface area contributed by atoms with Gasteiger partial charge in [0, 0.05) is 6.54 Å². The Hall–Kier alpha value is -2.64. The third-order valence-corrected chi connectivity index (χ3v) is 3.31. The zero-order valence-corrected chi connectivity index (χ0v) is 10.8. The minimum atomic E-state index is -0.0231. The van der Waals surface area contributed by atoms with Crippen LogP contribution >= 0.6 is 0 Å². The second kappa shape index (κ2) is 5.16. The number of carbonyl (C=O) groups is 1. The first-order chi connectivity index (χ1) is 9.79. The first-order valence-electron chi connectivity index (χ1n) is 6.41. The van der Waals surface area contributed by atoms with Crippen molar-refractivity contribution in [2.24, 2.45) is 0 Å². The quantitative estimate of drug-likeness (QED) is 0.859. The molecular formula is C16H13N3O. The van der Waals surface area contributed by atoms with Gasteiger partial charge in [-0.05, 0) is 29.8 Å². The Labute approximate surface area is 117 Å². The first-order valence-corrected chi connectivity index (χ1v) is 6.41. The smallest absolute Gasteiger partial charge is 0.245 e. The molecule has 0 fully saturated rings. The van der Waals surface area contributed by atoms with Crippen molar-refractivity contribution in [3.8, 4) is 6.07 Å². The summed E-state index contributed by atoms with van der Waals surface area (Å²) in [7, 11) is 0. The summed E-state index contributed by atoms with van der Waals surface area (Å²) >= 11 is 0. The van der Waals surface area contributed by atoms with E-state index in [2.05, 4.69) is 11.4 Å². The van der Waals surface area contributed by atoms with Crippen molar-refractivity contribution in [2.75, 3.05) is 11.4 Å². The number of para-hydroxylation sites is 1. The van der Waals surface area contributed by atoms with E-state index in [1.54, 1.807) is 23.1 Å². The lowest BCUT2D eigenvalue weighted by Gasteiger charge is -2.22. The van der Waals surface area contributed by atoms with Gasteiger partial charge in [0.15, 0.2) is 0 Å². The van der Waals surface area contributed by atoms with E-state index in [0.717, 1.165) is 16.9 Å². The fourth-order valence-electron chi connectivity index (χ4n) is 2.39. The molecular weight excluding hydrogens is 250 g/mol. The Bertz CT molecular complexity index is 703. The van der Waals surface area contributed by atoms with E-state index in [4.69, 9.17) is 5.26 Å². The molecule has 0 bridgehead atoms. The zero-order chi connectivity index (χ0) is 13.9. The number of nitrogens with one attached hydrogen (secondary N) is 1. The highest BCUT2D eigenvalue weighted by Gasteiger charge is 2.23. The Morgan fingerprint density at radius 3 is 2.80 bits per heavy atom. The van der Waals surface area contributed by atoms with E-state index in [-0.39, 0.29) is 12.5 Å². The summed E-state index contributed by atoms with van der Waals surface area (Å²) in [5.74, 6) is -0.0231. The summed E-state index contributed by atoms with van der Waals surface area (Å²) in [6, 6.07) is 17.0. The van der Waals surface area contributed by atoms with Gasteiger partial charge in [0.05, 0.1) is 29.6 Å². The summed E-state index contributed by atoms with van der Waals surface area (Å²) in [5.41, 5.74) is 3.22. The second-order valence-corrected chi connectivity index (χ2v) is 4.62. The van der Waals surface area contributed by atoms with Crippen LogP contribution in [0.3, 0.4) is 0 Å². The fourth-order valence-corrected chi connectivity index (χ4v) is 2.39. The maximum atomic E-state index is 12.4. The van der Waals surface area contributed by atoms with Crippen molar-refractivity contribution in [1.82, 2.24) is 5.32 Å². The van der Waals surface area contributed by atoms with Gasteiger partial charge in [0.25, 0.3) is 0 Å². The van der Waals surface area contributed by atoms with Crippen LogP contribution in [0.1, 0.15) is 11.1 Å². The van der Waals surface area contributed by atoms with Gasteiger partial charge in [0.2, 0.25) is 5.91 Å². The van der Waals surface area contributed by atoms with Gasteiger partial charge in [-0.2, -0.15) is 5.26 Å². The molecule has 0 spiro atoms. The Morgan fingerprint density at radius 1 is 1.10 bits per heavy atom. The molecule has 98 valence electrons. The van der Waals surface area contributed by atoms with Crippen LogP contribution in [0.25, 0.3) is 0 Å². The van der Waals surface area contributed by atoms with Gasteiger partial charge in [-0.15, -0.1) is 0 Å².